The average molecular weight is 236 g/mol. The van der Waals surface area contributed by atoms with E-state index >= 15 is 0 Å². The highest BCUT2D eigenvalue weighted by Gasteiger charge is 2.36. The van der Waals surface area contributed by atoms with E-state index in [9.17, 15) is 4.79 Å². The molecule has 2 fully saturated rings. The predicted molar refractivity (Wildman–Crippen MR) is 59.3 cm³/mol. The summed E-state index contributed by atoms with van der Waals surface area (Å²) in [6.07, 6.45) is 4.52. The zero-order valence-corrected chi connectivity index (χ0v) is 9.59. The molecule has 1 aliphatic carbocycles. The summed E-state index contributed by atoms with van der Waals surface area (Å²) in [5.41, 5.74) is 0. The molecule has 0 bridgehead atoms. The number of H-pyrrole nitrogens is 1. The summed E-state index contributed by atoms with van der Waals surface area (Å²) in [7, 11) is 0. The first-order valence-electron chi connectivity index (χ1n) is 6.12. The quantitative estimate of drug-likeness (QED) is 0.740. The van der Waals surface area contributed by atoms with Crippen molar-refractivity contribution >= 4 is 5.91 Å². The fourth-order valence-electron chi connectivity index (χ4n) is 2.31. The van der Waals surface area contributed by atoms with Gasteiger partial charge in [-0.3, -0.25) is 4.79 Å². The van der Waals surface area contributed by atoms with Crippen molar-refractivity contribution in [3.8, 4) is 0 Å². The van der Waals surface area contributed by atoms with Gasteiger partial charge in [0.15, 0.2) is 0 Å². The number of amides is 1. The summed E-state index contributed by atoms with van der Waals surface area (Å²) in [4.78, 5) is 14.1. The molecule has 17 heavy (non-hydrogen) atoms. The second kappa shape index (κ2) is 4.40. The van der Waals surface area contributed by atoms with Gasteiger partial charge in [-0.1, -0.05) is 0 Å². The average Bonchev–Trinajstić information content (AvgIpc) is 2.86. The van der Waals surface area contributed by atoms with Crippen LogP contribution in [0.2, 0.25) is 0 Å². The van der Waals surface area contributed by atoms with Crippen LogP contribution in [0.4, 0.5) is 0 Å². The number of hydrogen-bond donors (Lipinski definition) is 2. The molecule has 2 heterocycles. The summed E-state index contributed by atoms with van der Waals surface area (Å²) < 4.78 is 0. The molecule has 0 radical (unpaired) electrons. The number of aromatic nitrogens is 4. The molecule has 2 N–H and O–H groups in total. The van der Waals surface area contributed by atoms with Gasteiger partial charge in [0, 0.05) is 18.6 Å². The maximum atomic E-state index is 12.2. The summed E-state index contributed by atoms with van der Waals surface area (Å²) in [5, 5.41) is 16.7. The number of nitrogens with one attached hydrogen (secondary N) is 2. The van der Waals surface area contributed by atoms with E-state index in [0.29, 0.717) is 12.1 Å². The summed E-state index contributed by atoms with van der Waals surface area (Å²) >= 11 is 0. The molecule has 0 aromatic carbocycles. The highest BCUT2D eigenvalue weighted by Crippen LogP contribution is 2.28. The van der Waals surface area contributed by atoms with Gasteiger partial charge in [0.1, 0.15) is 0 Å². The van der Waals surface area contributed by atoms with E-state index in [1.54, 1.807) is 0 Å². The monoisotopic (exact) mass is 236 g/mol. The zero-order valence-electron chi connectivity index (χ0n) is 9.59. The van der Waals surface area contributed by atoms with Crippen LogP contribution in [0.25, 0.3) is 0 Å². The number of carbonyl (C=O) groups is 1. The fourth-order valence-corrected chi connectivity index (χ4v) is 2.31. The van der Waals surface area contributed by atoms with Gasteiger partial charge in [0.2, 0.25) is 0 Å². The number of hydrogen-bond acceptors (Lipinski definition) is 5. The molecular weight excluding hydrogens is 220 g/mol. The van der Waals surface area contributed by atoms with Gasteiger partial charge in [-0.05, 0) is 37.4 Å². The molecule has 7 heteroatoms. The van der Waals surface area contributed by atoms with Crippen molar-refractivity contribution in [1.29, 1.82) is 0 Å². The van der Waals surface area contributed by atoms with Crippen LogP contribution in [0, 0.1) is 0 Å². The third-order valence-corrected chi connectivity index (χ3v) is 3.36. The molecule has 92 valence electrons. The molecule has 1 aliphatic heterocycles. The van der Waals surface area contributed by atoms with Crippen molar-refractivity contribution in [2.24, 2.45) is 0 Å². The minimum atomic E-state index is -0.102. The van der Waals surface area contributed by atoms with Gasteiger partial charge >= 0.3 is 0 Å². The Labute approximate surface area is 98.9 Å². The molecule has 7 nitrogen and oxygen atoms in total. The van der Waals surface area contributed by atoms with E-state index in [0.717, 1.165) is 32.4 Å². The van der Waals surface area contributed by atoms with Gasteiger partial charge in [0.05, 0.1) is 0 Å². The Bertz CT molecular complexity index is 382. The fraction of sp³-hybridized carbons (Fsp3) is 0.800. The summed E-state index contributed by atoms with van der Waals surface area (Å²) in [5.74, 6) is 0.0739. The van der Waals surface area contributed by atoms with Crippen molar-refractivity contribution in [3.05, 3.63) is 5.82 Å². The molecule has 1 unspecified atom stereocenters. The third kappa shape index (κ3) is 2.28. The van der Waals surface area contributed by atoms with Crippen LogP contribution in [0.1, 0.15) is 36.3 Å². The van der Waals surface area contributed by atoms with Crippen LogP contribution in [0.5, 0.6) is 0 Å². The van der Waals surface area contributed by atoms with Gasteiger partial charge in [-0.15, -0.1) is 10.2 Å². The van der Waals surface area contributed by atoms with Crippen molar-refractivity contribution in [3.63, 3.8) is 0 Å². The highest BCUT2D eigenvalue weighted by molar-refractivity contribution is 5.90. The van der Waals surface area contributed by atoms with Crippen LogP contribution in [-0.4, -0.2) is 56.6 Å². The van der Waals surface area contributed by atoms with Crippen molar-refractivity contribution in [1.82, 2.24) is 30.8 Å². The number of carbonyl (C=O) groups excluding carboxylic acids is 1. The van der Waals surface area contributed by atoms with E-state index in [1.165, 1.54) is 6.42 Å². The Hall–Kier alpha value is -1.50. The van der Waals surface area contributed by atoms with Crippen molar-refractivity contribution < 1.29 is 4.79 Å². The van der Waals surface area contributed by atoms with Gasteiger partial charge in [-0.25, -0.2) is 0 Å². The molecule has 1 aromatic heterocycles. The molecule has 1 atom stereocenters. The SMILES string of the molecule is O=C(c1nn[nH]n1)N(CC1CCCN1)C1CC1. The smallest absolute Gasteiger partial charge is 0.295 e. The minimum absolute atomic E-state index is 0.102. The van der Waals surface area contributed by atoms with Gasteiger partial charge in [-0.2, -0.15) is 5.21 Å². The normalized spacial score (nSPS) is 23.9. The van der Waals surface area contributed by atoms with Gasteiger partial charge < -0.3 is 10.2 Å². The molecule has 1 aromatic rings. The predicted octanol–water partition coefficient (Wildman–Crippen LogP) is -0.444. The lowest BCUT2D eigenvalue weighted by Gasteiger charge is -2.24. The minimum Gasteiger partial charge on any atom is -0.331 e. The van der Waals surface area contributed by atoms with Crippen molar-refractivity contribution in [2.75, 3.05) is 13.1 Å². The summed E-state index contributed by atoms with van der Waals surface area (Å²) in [6.45, 7) is 1.82. The lowest BCUT2D eigenvalue weighted by atomic mass is 10.2. The maximum Gasteiger partial charge on any atom is 0.295 e. The second-order valence-electron chi connectivity index (χ2n) is 4.72. The van der Waals surface area contributed by atoms with Crippen LogP contribution in [0.15, 0.2) is 0 Å². The van der Waals surface area contributed by atoms with E-state index in [1.807, 2.05) is 4.90 Å². The Morgan fingerprint density at radius 3 is 2.88 bits per heavy atom. The molecule has 0 spiro atoms. The summed E-state index contributed by atoms with van der Waals surface area (Å²) in [6, 6.07) is 0.801. The first kappa shape index (κ1) is 10.6. The Balaban J connectivity index is 1.69. The molecule has 3 rings (SSSR count). The Morgan fingerprint density at radius 1 is 1.41 bits per heavy atom. The Kier molecular flexibility index (Phi) is 2.76. The maximum absolute atomic E-state index is 12.2. The first-order chi connectivity index (χ1) is 8.34. The second-order valence-corrected chi connectivity index (χ2v) is 4.72. The van der Waals surface area contributed by atoms with E-state index < -0.39 is 0 Å². The number of tetrazole rings is 1. The standard InChI is InChI=1S/C10H16N6O/c17-10(9-12-14-15-13-9)16(8-3-4-8)6-7-2-1-5-11-7/h7-8,11H,1-6H2,(H,12,13,14,15). The van der Waals surface area contributed by atoms with Crippen molar-refractivity contribution in [2.45, 2.75) is 37.8 Å². The number of nitrogens with zero attached hydrogens (tertiary/aromatic N) is 4. The molecule has 2 aliphatic rings. The van der Waals surface area contributed by atoms with Crippen LogP contribution in [-0.2, 0) is 0 Å². The topological polar surface area (TPSA) is 86.8 Å². The zero-order chi connectivity index (χ0) is 11.7. The van der Waals surface area contributed by atoms with Crippen LogP contribution in [0.3, 0.4) is 0 Å². The first-order valence-corrected chi connectivity index (χ1v) is 6.12. The molecule has 1 saturated heterocycles. The third-order valence-electron chi connectivity index (χ3n) is 3.36. The molecule has 1 amide bonds. The van der Waals surface area contributed by atoms with E-state index in [-0.39, 0.29) is 11.7 Å². The van der Waals surface area contributed by atoms with Crippen LogP contribution >= 0.6 is 0 Å². The molecular formula is C10H16N6O. The number of rotatable bonds is 4. The highest BCUT2D eigenvalue weighted by atomic mass is 16.2. The lowest BCUT2D eigenvalue weighted by molar-refractivity contribution is 0.0716. The van der Waals surface area contributed by atoms with Crippen LogP contribution < -0.4 is 5.32 Å². The number of aromatic amines is 1. The van der Waals surface area contributed by atoms with Gasteiger partial charge in [0.25, 0.3) is 11.7 Å². The largest absolute Gasteiger partial charge is 0.331 e. The molecule has 1 saturated carbocycles. The Morgan fingerprint density at radius 2 is 2.29 bits per heavy atom. The lowest BCUT2D eigenvalue weighted by Crippen LogP contribution is -2.42. The van der Waals surface area contributed by atoms with E-state index in [4.69, 9.17) is 0 Å². The van der Waals surface area contributed by atoms with E-state index in [2.05, 4.69) is 25.9 Å².